The molecule has 0 aliphatic carbocycles. The number of halogens is 1. The first kappa shape index (κ1) is 16.3. The maximum Gasteiger partial charge on any atom is 0.410 e. The number of carbonyl (C=O) groups excluding carboxylic acids is 1. The second kappa shape index (κ2) is 5.61. The van der Waals surface area contributed by atoms with E-state index >= 15 is 0 Å². The molecule has 0 atom stereocenters. The molecule has 1 aliphatic heterocycles. The SMILES string of the molecule is CC(C)(C)OC(=O)N1CC(S(=O)(=O)c2ccc(Br)cc2)C1. The van der Waals surface area contributed by atoms with Gasteiger partial charge in [-0.15, -0.1) is 0 Å². The fraction of sp³-hybridized carbons (Fsp3) is 0.500. The van der Waals surface area contributed by atoms with Crippen LogP contribution in [0.25, 0.3) is 0 Å². The molecule has 0 radical (unpaired) electrons. The van der Waals surface area contributed by atoms with Gasteiger partial charge in [-0.1, -0.05) is 15.9 Å². The zero-order valence-electron chi connectivity index (χ0n) is 12.2. The van der Waals surface area contributed by atoms with Gasteiger partial charge in [0.15, 0.2) is 9.84 Å². The highest BCUT2D eigenvalue weighted by molar-refractivity contribution is 9.10. The molecule has 1 saturated heterocycles. The first-order chi connectivity index (χ1) is 9.59. The Labute approximate surface area is 133 Å². The summed E-state index contributed by atoms with van der Waals surface area (Å²) in [6.45, 7) is 5.68. The van der Waals surface area contributed by atoms with E-state index in [0.717, 1.165) is 4.47 Å². The van der Waals surface area contributed by atoms with Gasteiger partial charge < -0.3 is 9.64 Å². The van der Waals surface area contributed by atoms with Crippen LogP contribution in [0.2, 0.25) is 0 Å². The molecule has 1 aliphatic rings. The van der Waals surface area contributed by atoms with Crippen molar-refractivity contribution in [3.8, 4) is 0 Å². The lowest BCUT2D eigenvalue weighted by Gasteiger charge is -2.39. The van der Waals surface area contributed by atoms with E-state index in [-0.39, 0.29) is 18.0 Å². The number of sulfone groups is 1. The first-order valence-electron chi connectivity index (χ1n) is 6.57. The maximum absolute atomic E-state index is 12.4. The third-order valence-corrected chi connectivity index (χ3v) is 5.71. The second-order valence-electron chi connectivity index (χ2n) is 6.01. The summed E-state index contributed by atoms with van der Waals surface area (Å²) in [5.41, 5.74) is -0.577. The highest BCUT2D eigenvalue weighted by atomic mass is 79.9. The Bertz CT molecular complexity index is 628. The zero-order valence-corrected chi connectivity index (χ0v) is 14.6. The fourth-order valence-electron chi connectivity index (χ4n) is 1.93. The van der Waals surface area contributed by atoms with Crippen LogP contribution in [-0.2, 0) is 14.6 Å². The Morgan fingerprint density at radius 3 is 2.24 bits per heavy atom. The number of benzene rings is 1. The second-order valence-corrected chi connectivity index (χ2v) is 9.15. The van der Waals surface area contributed by atoms with Crippen LogP contribution >= 0.6 is 15.9 Å². The summed E-state index contributed by atoms with van der Waals surface area (Å²) >= 11 is 3.27. The summed E-state index contributed by atoms with van der Waals surface area (Å²) in [6.07, 6.45) is -0.468. The van der Waals surface area contributed by atoms with Gasteiger partial charge in [-0.25, -0.2) is 13.2 Å². The van der Waals surface area contributed by atoms with E-state index in [9.17, 15) is 13.2 Å². The van der Waals surface area contributed by atoms with E-state index < -0.39 is 26.8 Å². The average Bonchev–Trinajstić information content (AvgIpc) is 2.24. The van der Waals surface area contributed by atoms with Gasteiger partial charge in [0.25, 0.3) is 0 Å². The van der Waals surface area contributed by atoms with Gasteiger partial charge in [-0.05, 0) is 45.0 Å². The van der Waals surface area contributed by atoms with Crippen LogP contribution < -0.4 is 0 Å². The summed E-state index contributed by atoms with van der Waals surface area (Å²) in [7, 11) is -3.40. The zero-order chi connectivity index (χ0) is 15.8. The minimum atomic E-state index is -3.40. The Hall–Kier alpha value is -1.08. The topological polar surface area (TPSA) is 63.7 Å². The normalized spacial score (nSPS) is 16.5. The standard InChI is InChI=1S/C14H18BrNO4S/c1-14(2,3)20-13(17)16-8-12(9-16)21(18,19)11-6-4-10(15)5-7-11/h4-7,12H,8-9H2,1-3H3. The van der Waals surface area contributed by atoms with E-state index in [4.69, 9.17) is 4.74 Å². The van der Waals surface area contributed by atoms with E-state index in [2.05, 4.69) is 15.9 Å². The van der Waals surface area contributed by atoms with E-state index in [1.54, 1.807) is 45.0 Å². The van der Waals surface area contributed by atoms with Gasteiger partial charge in [-0.2, -0.15) is 0 Å². The lowest BCUT2D eigenvalue weighted by Crippen LogP contribution is -2.57. The summed E-state index contributed by atoms with van der Waals surface area (Å²) in [4.78, 5) is 13.5. The van der Waals surface area contributed by atoms with E-state index in [1.807, 2.05) is 0 Å². The number of rotatable bonds is 2. The van der Waals surface area contributed by atoms with Crippen LogP contribution in [0.4, 0.5) is 4.79 Å². The third kappa shape index (κ3) is 3.77. The molecule has 7 heteroatoms. The van der Waals surface area contributed by atoms with Crippen molar-refractivity contribution in [2.45, 2.75) is 36.5 Å². The molecule has 1 aromatic rings. The van der Waals surface area contributed by atoms with Gasteiger partial charge in [0.2, 0.25) is 0 Å². The van der Waals surface area contributed by atoms with Crippen molar-refractivity contribution < 1.29 is 17.9 Å². The minimum Gasteiger partial charge on any atom is -0.444 e. The smallest absolute Gasteiger partial charge is 0.410 e. The number of hydrogen-bond acceptors (Lipinski definition) is 4. The minimum absolute atomic E-state index is 0.174. The highest BCUT2D eigenvalue weighted by Gasteiger charge is 2.42. The number of carbonyl (C=O) groups is 1. The summed E-state index contributed by atoms with van der Waals surface area (Å²) in [6, 6.07) is 6.51. The number of hydrogen-bond donors (Lipinski definition) is 0. The summed E-state index contributed by atoms with van der Waals surface area (Å²) in [5.74, 6) is 0. The lowest BCUT2D eigenvalue weighted by atomic mass is 10.2. The molecule has 0 N–H and O–H groups in total. The molecule has 0 bridgehead atoms. The molecule has 1 aromatic carbocycles. The molecule has 1 fully saturated rings. The van der Waals surface area contributed by atoms with Crippen molar-refractivity contribution in [1.29, 1.82) is 0 Å². The van der Waals surface area contributed by atoms with Crippen molar-refractivity contribution in [3.63, 3.8) is 0 Å². The molecule has 116 valence electrons. The molecular weight excluding hydrogens is 358 g/mol. The number of nitrogens with zero attached hydrogens (tertiary/aromatic N) is 1. The molecule has 2 rings (SSSR count). The molecule has 21 heavy (non-hydrogen) atoms. The van der Waals surface area contributed by atoms with Gasteiger partial charge in [0.05, 0.1) is 4.90 Å². The molecule has 5 nitrogen and oxygen atoms in total. The van der Waals surface area contributed by atoms with Gasteiger partial charge >= 0.3 is 6.09 Å². The Kier molecular flexibility index (Phi) is 4.35. The highest BCUT2D eigenvalue weighted by Crippen LogP contribution is 2.26. The fourth-order valence-corrected chi connectivity index (χ4v) is 3.84. The molecule has 1 amide bonds. The average molecular weight is 376 g/mol. The third-order valence-electron chi connectivity index (χ3n) is 3.08. The number of ether oxygens (including phenoxy) is 1. The molecule has 0 spiro atoms. The largest absolute Gasteiger partial charge is 0.444 e. The molecular formula is C14H18BrNO4S. The van der Waals surface area contributed by atoms with Crippen molar-refractivity contribution >= 4 is 31.9 Å². The van der Waals surface area contributed by atoms with Crippen molar-refractivity contribution in [3.05, 3.63) is 28.7 Å². The predicted octanol–water partition coefficient (Wildman–Crippen LogP) is 2.84. The molecule has 0 saturated carbocycles. The van der Waals surface area contributed by atoms with Crippen LogP contribution in [0.1, 0.15) is 20.8 Å². The number of amides is 1. The van der Waals surface area contributed by atoms with Gasteiger partial charge in [0, 0.05) is 17.6 Å². The van der Waals surface area contributed by atoms with Crippen molar-refractivity contribution in [2.24, 2.45) is 0 Å². The van der Waals surface area contributed by atoms with E-state index in [0.29, 0.717) is 0 Å². The number of likely N-dealkylation sites (tertiary alicyclic amines) is 1. The van der Waals surface area contributed by atoms with E-state index in [1.165, 1.54) is 4.90 Å². The van der Waals surface area contributed by atoms with Crippen LogP contribution in [0.5, 0.6) is 0 Å². The van der Waals surface area contributed by atoms with Gasteiger partial charge in [-0.3, -0.25) is 0 Å². The predicted molar refractivity (Wildman–Crippen MR) is 82.9 cm³/mol. The van der Waals surface area contributed by atoms with Crippen LogP contribution in [-0.4, -0.2) is 43.4 Å². The van der Waals surface area contributed by atoms with Crippen LogP contribution in [0, 0.1) is 0 Å². The lowest BCUT2D eigenvalue weighted by molar-refractivity contribution is 0.0139. The molecule has 0 unspecified atom stereocenters. The summed E-state index contributed by atoms with van der Waals surface area (Å²) < 4.78 is 30.8. The summed E-state index contributed by atoms with van der Waals surface area (Å²) in [5, 5.41) is -0.564. The van der Waals surface area contributed by atoms with Gasteiger partial charge in [0.1, 0.15) is 10.9 Å². The first-order valence-corrected chi connectivity index (χ1v) is 8.91. The van der Waals surface area contributed by atoms with Crippen LogP contribution in [0.3, 0.4) is 0 Å². The Morgan fingerprint density at radius 1 is 1.24 bits per heavy atom. The molecule has 1 heterocycles. The monoisotopic (exact) mass is 375 g/mol. The maximum atomic E-state index is 12.4. The molecule has 0 aromatic heterocycles. The van der Waals surface area contributed by atoms with Crippen molar-refractivity contribution in [2.75, 3.05) is 13.1 Å². The van der Waals surface area contributed by atoms with Crippen molar-refractivity contribution in [1.82, 2.24) is 4.90 Å². The quantitative estimate of drug-likeness (QED) is 0.796. The Balaban J connectivity index is 2.00. The Morgan fingerprint density at radius 2 is 1.76 bits per heavy atom. The van der Waals surface area contributed by atoms with Crippen LogP contribution in [0.15, 0.2) is 33.6 Å².